The summed E-state index contributed by atoms with van der Waals surface area (Å²) in [6.07, 6.45) is 0.509. The lowest BCUT2D eigenvalue weighted by molar-refractivity contribution is -0.142. The summed E-state index contributed by atoms with van der Waals surface area (Å²) in [6.45, 7) is 3.93. The van der Waals surface area contributed by atoms with Gasteiger partial charge in [-0.1, -0.05) is 13.8 Å². The minimum absolute atomic E-state index is 0.0690. The largest absolute Gasteiger partial charge is 0.480 e. The van der Waals surface area contributed by atoms with Crippen LogP contribution in [0.2, 0.25) is 0 Å². The molecule has 1 aromatic rings. The zero-order valence-corrected chi connectivity index (χ0v) is 12.7. The van der Waals surface area contributed by atoms with Gasteiger partial charge in [-0.2, -0.15) is 4.31 Å². The average molecular weight is 315 g/mol. The topological polar surface area (TPSA) is 74.7 Å². The third kappa shape index (κ3) is 2.94. The molecular formula is C14H18FNO4S. The van der Waals surface area contributed by atoms with Crippen molar-refractivity contribution in [3.05, 3.63) is 30.1 Å². The van der Waals surface area contributed by atoms with E-state index in [1.54, 1.807) is 0 Å². The maximum atomic E-state index is 12.9. The molecule has 21 heavy (non-hydrogen) atoms. The lowest BCUT2D eigenvalue weighted by Gasteiger charge is -2.26. The van der Waals surface area contributed by atoms with Crippen LogP contribution >= 0.6 is 0 Å². The van der Waals surface area contributed by atoms with Gasteiger partial charge in [-0.25, -0.2) is 12.8 Å². The van der Waals surface area contributed by atoms with Gasteiger partial charge in [0.2, 0.25) is 10.0 Å². The van der Waals surface area contributed by atoms with Crippen molar-refractivity contribution in [3.63, 3.8) is 0 Å². The number of nitrogens with zero attached hydrogens (tertiary/aromatic N) is 1. The van der Waals surface area contributed by atoms with Crippen LogP contribution in [0.25, 0.3) is 0 Å². The predicted molar refractivity (Wildman–Crippen MR) is 74.7 cm³/mol. The van der Waals surface area contributed by atoms with Gasteiger partial charge in [-0.3, -0.25) is 4.79 Å². The average Bonchev–Trinajstić information content (AvgIpc) is 2.84. The van der Waals surface area contributed by atoms with Crippen LogP contribution in [-0.4, -0.2) is 36.4 Å². The van der Waals surface area contributed by atoms with Crippen molar-refractivity contribution in [1.82, 2.24) is 4.31 Å². The summed E-state index contributed by atoms with van der Waals surface area (Å²) in [4.78, 5) is 11.4. The molecule has 2 atom stereocenters. The zero-order valence-electron chi connectivity index (χ0n) is 11.9. The number of hydrogen-bond acceptors (Lipinski definition) is 3. The monoisotopic (exact) mass is 315 g/mol. The molecule has 1 N–H and O–H groups in total. The van der Waals surface area contributed by atoms with Crippen LogP contribution < -0.4 is 0 Å². The van der Waals surface area contributed by atoms with Gasteiger partial charge in [0.15, 0.2) is 0 Å². The van der Waals surface area contributed by atoms with E-state index < -0.39 is 27.9 Å². The second kappa shape index (κ2) is 5.73. The molecule has 0 radical (unpaired) electrons. The van der Waals surface area contributed by atoms with Crippen LogP contribution in [0.3, 0.4) is 0 Å². The fraction of sp³-hybridized carbons (Fsp3) is 0.500. The van der Waals surface area contributed by atoms with Gasteiger partial charge in [-0.15, -0.1) is 0 Å². The molecule has 7 heteroatoms. The Labute approximate surface area is 123 Å². The Morgan fingerprint density at radius 1 is 1.33 bits per heavy atom. The third-order valence-corrected chi connectivity index (χ3v) is 5.82. The highest BCUT2D eigenvalue weighted by Crippen LogP contribution is 2.34. The molecule has 1 aliphatic rings. The van der Waals surface area contributed by atoms with Gasteiger partial charge >= 0.3 is 5.97 Å². The van der Waals surface area contributed by atoms with Crippen LogP contribution in [0.5, 0.6) is 0 Å². The van der Waals surface area contributed by atoms with E-state index in [9.17, 15) is 22.7 Å². The summed E-state index contributed by atoms with van der Waals surface area (Å²) in [7, 11) is -3.93. The first-order valence-electron chi connectivity index (χ1n) is 6.75. The molecule has 2 rings (SSSR count). The molecule has 5 nitrogen and oxygen atoms in total. The van der Waals surface area contributed by atoms with E-state index in [4.69, 9.17) is 0 Å². The first-order chi connectivity index (χ1) is 9.75. The minimum Gasteiger partial charge on any atom is -0.480 e. The van der Waals surface area contributed by atoms with Crippen LogP contribution in [0, 0.1) is 17.7 Å². The van der Waals surface area contributed by atoms with Gasteiger partial charge in [0.25, 0.3) is 0 Å². The van der Waals surface area contributed by atoms with Gasteiger partial charge in [0.05, 0.1) is 4.90 Å². The third-order valence-electron chi connectivity index (χ3n) is 3.93. The van der Waals surface area contributed by atoms with E-state index in [1.807, 2.05) is 13.8 Å². The van der Waals surface area contributed by atoms with Crippen molar-refractivity contribution < 1.29 is 22.7 Å². The molecule has 1 saturated heterocycles. The standard InChI is InChI=1S/C14H18FNO4S/c1-9(2)12-7-8-16(13(12)14(17)18)21(19,20)11-5-3-10(15)4-6-11/h3-6,9,12-13H,7-8H2,1-2H3,(H,17,18)/t12?,13-/m0/s1. The maximum absolute atomic E-state index is 12.9. The van der Waals surface area contributed by atoms with Crippen molar-refractivity contribution >= 4 is 16.0 Å². The van der Waals surface area contributed by atoms with Crippen molar-refractivity contribution in [1.29, 1.82) is 0 Å². The first-order valence-corrected chi connectivity index (χ1v) is 8.19. The summed E-state index contributed by atoms with van der Waals surface area (Å²) in [5.41, 5.74) is 0. The fourth-order valence-electron chi connectivity index (χ4n) is 2.80. The van der Waals surface area contributed by atoms with E-state index >= 15 is 0 Å². The molecule has 1 aliphatic heterocycles. The highest BCUT2D eigenvalue weighted by Gasteiger charge is 2.46. The highest BCUT2D eigenvalue weighted by atomic mass is 32.2. The summed E-state index contributed by atoms with van der Waals surface area (Å²) < 4.78 is 39.1. The van der Waals surface area contributed by atoms with Gasteiger partial charge in [0.1, 0.15) is 11.9 Å². The molecule has 1 heterocycles. The van der Waals surface area contributed by atoms with Gasteiger partial charge in [-0.05, 0) is 42.5 Å². The second-order valence-corrected chi connectivity index (χ2v) is 7.44. The Hall–Kier alpha value is -1.47. The lowest BCUT2D eigenvalue weighted by atomic mass is 9.89. The van der Waals surface area contributed by atoms with E-state index in [-0.39, 0.29) is 23.3 Å². The SMILES string of the molecule is CC(C)C1CCN(S(=O)(=O)c2ccc(F)cc2)[C@@H]1C(=O)O. The van der Waals surface area contributed by atoms with E-state index in [2.05, 4.69) is 0 Å². The molecule has 0 saturated carbocycles. The van der Waals surface area contributed by atoms with Crippen LogP contribution in [-0.2, 0) is 14.8 Å². The number of benzene rings is 1. The number of halogens is 1. The number of carboxylic acid groups (broad SMARTS) is 1. The molecule has 1 aromatic carbocycles. The molecule has 0 amide bonds. The Bertz CT molecular complexity index is 627. The van der Waals surface area contributed by atoms with Crippen molar-refractivity contribution in [2.24, 2.45) is 11.8 Å². The normalized spacial score (nSPS) is 23.6. The zero-order chi connectivity index (χ0) is 15.8. The molecule has 1 fully saturated rings. The molecule has 0 bridgehead atoms. The predicted octanol–water partition coefficient (Wildman–Crippen LogP) is 1.95. The summed E-state index contributed by atoms with van der Waals surface area (Å²) in [5, 5.41) is 9.39. The lowest BCUT2D eigenvalue weighted by Crippen LogP contribution is -2.44. The smallest absolute Gasteiger partial charge is 0.322 e. The number of aliphatic carboxylic acids is 1. The number of rotatable bonds is 4. The highest BCUT2D eigenvalue weighted by molar-refractivity contribution is 7.89. The molecule has 0 aliphatic carbocycles. The Morgan fingerprint density at radius 2 is 1.90 bits per heavy atom. The van der Waals surface area contributed by atoms with E-state index in [0.29, 0.717) is 6.42 Å². The number of sulfonamides is 1. The number of carbonyl (C=O) groups is 1. The Morgan fingerprint density at radius 3 is 2.38 bits per heavy atom. The van der Waals surface area contributed by atoms with Crippen molar-refractivity contribution in [2.75, 3.05) is 6.54 Å². The van der Waals surface area contributed by atoms with Gasteiger partial charge < -0.3 is 5.11 Å². The summed E-state index contributed by atoms with van der Waals surface area (Å²) in [5.74, 6) is -1.83. The Kier molecular flexibility index (Phi) is 4.34. The minimum atomic E-state index is -3.93. The molecule has 116 valence electrons. The molecule has 0 aromatic heterocycles. The number of carboxylic acids is 1. The van der Waals surface area contributed by atoms with Crippen LogP contribution in [0.4, 0.5) is 4.39 Å². The summed E-state index contributed by atoms with van der Waals surface area (Å²) in [6, 6.07) is 3.36. The van der Waals surface area contributed by atoms with E-state index in [1.165, 1.54) is 0 Å². The quantitative estimate of drug-likeness (QED) is 0.921. The first kappa shape index (κ1) is 15.9. The second-order valence-electron chi connectivity index (χ2n) is 5.55. The molecule has 1 unspecified atom stereocenters. The van der Waals surface area contributed by atoms with E-state index in [0.717, 1.165) is 28.6 Å². The molecule has 0 spiro atoms. The number of hydrogen-bond donors (Lipinski definition) is 1. The molecular weight excluding hydrogens is 297 g/mol. The van der Waals surface area contributed by atoms with Crippen molar-refractivity contribution in [3.8, 4) is 0 Å². The fourth-order valence-corrected chi connectivity index (χ4v) is 4.44. The Balaban J connectivity index is 2.39. The van der Waals surface area contributed by atoms with Gasteiger partial charge in [0, 0.05) is 6.54 Å². The summed E-state index contributed by atoms with van der Waals surface area (Å²) >= 11 is 0. The maximum Gasteiger partial charge on any atom is 0.322 e. The van der Waals surface area contributed by atoms with Crippen LogP contribution in [0.1, 0.15) is 20.3 Å². The van der Waals surface area contributed by atoms with Crippen LogP contribution in [0.15, 0.2) is 29.2 Å². The van der Waals surface area contributed by atoms with Crippen molar-refractivity contribution in [2.45, 2.75) is 31.2 Å².